The van der Waals surface area contributed by atoms with Crippen molar-refractivity contribution in [2.45, 2.75) is 13.5 Å². The summed E-state index contributed by atoms with van der Waals surface area (Å²) in [5, 5.41) is 2.56. The summed E-state index contributed by atoms with van der Waals surface area (Å²) in [7, 11) is 0. The van der Waals surface area contributed by atoms with Gasteiger partial charge in [0.05, 0.1) is 6.61 Å². The maximum absolute atomic E-state index is 12.1. The van der Waals surface area contributed by atoms with Gasteiger partial charge >= 0.3 is 6.61 Å². The molecule has 0 saturated heterocycles. The van der Waals surface area contributed by atoms with Gasteiger partial charge in [-0.3, -0.25) is 9.59 Å². The van der Waals surface area contributed by atoms with Gasteiger partial charge in [0.1, 0.15) is 12.0 Å². The fraction of sp³-hybridized carbons (Fsp3) is 0.222. The van der Waals surface area contributed by atoms with Gasteiger partial charge in [0.2, 0.25) is 0 Å². The molecule has 0 fully saturated rings. The van der Waals surface area contributed by atoms with Gasteiger partial charge in [-0.1, -0.05) is 0 Å². The van der Waals surface area contributed by atoms with E-state index in [1.165, 1.54) is 30.3 Å². The molecule has 6 nitrogen and oxygen atoms in total. The van der Waals surface area contributed by atoms with Crippen LogP contribution in [0.1, 0.15) is 17.3 Å². The molecule has 0 aliphatic heterocycles. The number of anilines is 1. The Morgan fingerprint density at radius 1 is 1.12 bits per heavy atom. The molecule has 0 aliphatic carbocycles. The fourth-order valence-corrected chi connectivity index (χ4v) is 2.05. The molecule has 0 spiro atoms. The monoisotopic (exact) mass is 365 g/mol. The molecule has 2 aromatic rings. The molecule has 1 amide bonds. The van der Waals surface area contributed by atoms with Gasteiger partial charge in [0, 0.05) is 11.3 Å². The van der Waals surface area contributed by atoms with Crippen molar-refractivity contribution < 1.29 is 32.6 Å². The summed E-state index contributed by atoms with van der Waals surface area (Å²) >= 11 is 0. The molecule has 0 unspecified atom stereocenters. The second-order valence-corrected chi connectivity index (χ2v) is 5.00. The van der Waals surface area contributed by atoms with Crippen LogP contribution >= 0.6 is 0 Å². The van der Waals surface area contributed by atoms with Crippen molar-refractivity contribution in [3.05, 3.63) is 48.0 Å². The van der Waals surface area contributed by atoms with Crippen LogP contribution in [0.3, 0.4) is 0 Å². The Bertz CT molecular complexity index is 750. The minimum atomic E-state index is -2.91. The minimum absolute atomic E-state index is 0.00845. The van der Waals surface area contributed by atoms with Crippen LogP contribution in [0.5, 0.6) is 17.2 Å². The molecule has 0 bridgehead atoms. The average Bonchev–Trinajstić information content (AvgIpc) is 2.62. The van der Waals surface area contributed by atoms with Crippen LogP contribution < -0.4 is 19.5 Å². The number of alkyl halides is 2. The number of carbonyl (C=O) groups excluding carboxylic acids is 2. The number of aldehydes is 1. The van der Waals surface area contributed by atoms with Crippen molar-refractivity contribution in [1.82, 2.24) is 0 Å². The Morgan fingerprint density at radius 3 is 2.46 bits per heavy atom. The Hall–Kier alpha value is -3.16. The van der Waals surface area contributed by atoms with Crippen molar-refractivity contribution in [1.29, 1.82) is 0 Å². The third-order valence-electron chi connectivity index (χ3n) is 3.13. The largest absolute Gasteiger partial charge is 0.490 e. The van der Waals surface area contributed by atoms with Crippen molar-refractivity contribution >= 4 is 17.9 Å². The summed E-state index contributed by atoms with van der Waals surface area (Å²) in [4.78, 5) is 22.8. The van der Waals surface area contributed by atoms with E-state index in [1.54, 1.807) is 19.1 Å². The van der Waals surface area contributed by atoms with Gasteiger partial charge in [-0.15, -0.1) is 0 Å². The lowest BCUT2D eigenvalue weighted by Crippen LogP contribution is -2.20. The molecule has 0 heterocycles. The summed E-state index contributed by atoms with van der Waals surface area (Å²) in [6.45, 7) is -1.05. The first-order valence-corrected chi connectivity index (χ1v) is 7.71. The van der Waals surface area contributed by atoms with E-state index in [0.29, 0.717) is 35.6 Å². The van der Waals surface area contributed by atoms with Crippen LogP contribution in [0.25, 0.3) is 0 Å². The highest BCUT2D eigenvalue weighted by molar-refractivity contribution is 5.92. The number of amides is 1. The molecule has 1 N–H and O–H groups in total. The first-order valence-electron chi connectivity index (χ1n) is 7.71. The molecule has 26 heavy (non-hydrogen) atoms. The minimum Gasteiger partial charge on any atom is -0.490 e. The highest BCUT2D eigenvalue weighted by atomic mass is 19.3. The molecule has 8 heteroatoms. The fourth-order valence-electron chi connectivity index (χ4n) is 2.05. The number of nitrogens with one attached hydrogen (secondary N) is 1. The molecular formula is C18H17F2NO5. The van der Waals surface area contributed by atoms with Crippen molar-refractivity contribution in [3.63, 3.8) is 0 Å². The Kier molecular flexibility index (Phi) is 6.90. The molecule has 0 atom stereocenters. The van der Waals surface area contributed by atoms with Crippen LogP contribution in [0.15, 0.2) is 42.5 Å². The van der Waals surface area contributed by atoms with E-state index in [2.05, 4.69) is 10.1 Å². The molecule has 2 rings (SSSR count). The Balaban J connectivity index is 1.93. The maximum Gasteiger partial charge on any atom is 0.387 e. The van der Waals surface area contributed by atoms with E-state index in [4.69, 9.17) is 9.47 Å². The topological polar surface area (TPSA) is 73.9 Å². The highest BCUT2D eigenvalue weighted by Gasteiger charge is 2.10. The third kappa shape index (κ3) is 5.73. The standard InChI is InChI=1S/C18H17F2NO5/c1-2-24-16-9-12(10-22)3-8-15(16)25-11-17(23)21-13-4-6-14(7-5-13)26-18(19)20/h3-10,18H,2,11H2,1H3,(H,21,23). The predicted molar refractivity (Wildman–Crippen MR) is 90.2 cm³/mol. The summed E-state index contributed by atoms with van der Waals surface area (Å²) in [6, 6.07) is 10.1. The Labute approximate surface area is 148 Å². The van der Waals surface area contributed by atoms with Crippen molar-refractivity contribution in [2.24, 2.45) is 0 Å². The summed E-state index contributed by atoms with van der Waals surface area (Å²) in [5.74, 6) is 0.229. The number of carbonyl (C=O) groups is 2. The van der Waals surface area contributed by atoms with Gasteiger partial charge in [0.15, 0.2) is 18.1 Å². The van der Waals surface area contributed by atoms with Gasteiger partial charge in [-0.25, -0.2) is 0 Å². The van der Waals surface area contributed by atoms with E-state index in [9.17, 15) is 18.4 Å². The quantitative estimate of drug-likeness (QED) is 0.689. The molecule has 2 aromatic carbocycles. The number of benzene rings is 2. The zero-order chi connectivity index (χ0) is 18.9. The third-order valence-corrected chi connectivity index (χ3v) is 3.13. The lowest BCUT2D eigenvalue weighted by Gasteiger charge is -2.12. The van der Waals surface area contributed by atoms with Gasteiger partial charge in [0.25, 0.3) is 5.91 Å². The number of ether oxygens (including phenoxy) is 3. The van der Waals surface area contributed by atoms with Crippen molar-refractivity contribution in [3.8, 4) is 17.2 Å². The van der Waals surface area contributed by atoms with E-state index >= 15 is 0 Å². The number of hydrogen-bond donors (Lipinski definition) is 1. The van der Waals surface area contributed by atoms with Crippen LogP contribution in [0.4, 0.5) is 14.5 Å². The maximum atomic E-state index is 12.1. The van der Waals surface area contributed by atoms with E-state index in [-0.39, 0.29) is 12.4 Å². The van der Waals surface area contributed by atoms with E-state index < -0.39 is 12.5 Å². The van der Waals surface area contributed by atoms with Crippen LogP contribution in [-0.2, 0) is 4.79 Å². The van der Waals surface area contributed by atoms with Crippen LogP contribution in [0.2, 0.25) is 0 Å². The van der Waals surface area contributed by atoms with Crippen molar-refractivity contribution in [2.75, 3.05) is 18.5 Å². The SMILES string of the molecule is CCOc1cc(C=O)ccc1OCC(=O)Nc1ccc(OC(F)F)cc1. The smallest absolute Gasteiger partial charge is 0.387 e. The Morgan fingerprint density at radius 2 is 1.85 bits per heavy atom. The van der Waals surface area contributed by atoms with Crippen LogP contribution in [0, 0.1) is 0 Å². The second kappa shape index (κ2) is 9.36. The van der Waals surface area contributed by atoms with E-state index in [0.717, 1.165) is 0 Å². The lowest BCUT2D eigenvalue weighted by atomic mass is 10.2. The predicted octanol–water partition coefficient (Wildman–Crippen LogP) is 3.52. The van der Waals surface area contributed by atoms with E-state index in [1.807, 2.05) is 0 Å². The van der Waals surface area contributed by atoms with Gasteiger partial charge in [-0.05, 0) is 49.4 Å². The summed E-state index contributed by atoms with van der Waals surface area (Å²) < 4.78 is 39.2. The summed E-state index contributed by atoms with van der Waals surface area (Å²) in [5.41, 5.74) is 0.831. The molecule has 138 valence electrons. The molecular weight excluding hydrogens is 348 g/mol. The molecule has 0 radical (unpaired) electrons. The van der Waals surface area contributed by atoms with Gasteiger partial charge < -0.3 is 19.5 Å². The number of halogens is 2. The molecule has 0 aromatic heterocycles. The highest BCUT2D eigenvalue weighted by Crippen LogP contribution is 2.28. The first kappa shape index (κ1) is 19.2. The molecule has 0 aliphatic rings. The average molecular weight is 365 g/mol. The number of hydrogen-bond acceptors (Lipinski definition) is 5. The lowest BCUT2D eigenvalue weighted by molar-refractivity contribution is -0.118. The summed E-state index contributed by atoms with van der Waals surface area (Å²) in [6.07, 6.45) is 0.681. The zero-order valence-corrected chi connectivity index (χ0v) is 13.9. The zero-order valence-electron chi connectivity index (χ0n) is 13.9. The first-order chi connectivity index (χ1) is 12.5. The molecule has 0 saturated carbocycles. The number of rotatable bonds is 9. The van der Waals surface area contributed by atoms with Crippen LogP contribution in [-0.4, -0.2) is 32.0 Å². The second-order valence-electron chi connectivity index (χ2n) is 5.00. The van der Waals surface area contributed by atoms with Gasteiger partial charge in [-0.2, -0.15) is 8.78 Å². The normalized spacial score (nSPS) is 10.3.